The van der Waals surface area contributed by atoms with Gasteiger partial charge in [-0.1, -0.05) is 19.4 Å². The number of Topliss-reactive ketones (excluding diaryl/α,β-unsaturated/α-hetero) is 1. The van der Waals surface area contributed by atoms with Gasteiger partial charge < -0.3 is 10.5 Å². The summed E-state index contributed by atoms with van der Waals surface area (Å²) in [6.07, 6.45) is 3.64. The van der Waals surface area contributed by atoms with Crippen LogP contribution in [0.1, 0.15) is 59.8 Å². The molecule has 0 aliphatic rings. The Morgan fingerprint density at radius 1 is 1.21 bits per heavy atom. The van der Waals surface area contributed by atoms with Crippen LogP contribution in [-0.4, -0.2) is 23.4 Å². The molecule has 4 nitrogen and oxygen atoms in total. The van der Waals surface area contributed by atoms with Crippen molar-refractivity contribution in [2.45, 2.75) is 71.4 Å². The van der Waals surface area contributed by atoms with Gasteiger partial charge in [0.05, 0.1) is 0 Å². The number of rotatable bonds is 8. The van der Waals surface area contributed by atoms with E-state index in [1.807, 2.05) is 20.8 Å². The van der Waals surface area contributed by atoms with Gasteiger partial charge in [-0.15, -0.1) is 0 Å². The predicted octanol–water partition coefficient (Wildman–Crippen LogP) is 2.75. The molecule has 0 unspecified atom stereocenters. The highest BCUT2D eigenvalue weighted by Crippen LogP contribution is 2.12. The van der Waals surface area contributed by atoms with E-state index in [0.29, 0.717) is 18.4 Å². The number of ether oxygens (including phenoxy) is 1. The third-order valence-corrected chi connectivity index (χ3v) is 2.60. The van der Waals surface area contributed by atoms with Crippen LogP contribution < -0.4 is 5.73 Å². The largest absolute Gasteiger partial charge is 0.459 e. The van der Waals surface area contributed by atoms with Crippen LogP contribution in [0.5, 0.6) is 0 Å². The Kier molecular flexibility index (Phi) is 7.61. The molecule has 0 spiro atoms. The van der Waals surface area contributed by atoms with Gasteiger partial charge in [0.1, 0.15) is 11.6 Å². The summed E-state index contributed by atoms with van der Waals surface area (Å²) < 4.78 is 5.20. The van der Waals surface area contributed by atoms with Crippen LogP contribution >= 0.6 is 0 Å². The number of hydrogen-bond acceptors (Lipinski definition) is 4. The van der Waals surface area contributed by atoms with E-state index >= 15 is 0 Å². The van der Waals surface area contributed by atoms with Crippen LogP contribution in [-0.2, 0) is 14.3 Å². The number of hydrogen-bond donors (Lipinski definition) is 1. The number of nitrogens with two attached hydrogens (primary N) is 1. The van der Waals surface area contributed by atoms with Crippen molar-refractivity contribution in [2.75, 3.05) is 0 Å². The van der Waals surface area contributed by atoms with E-state index in [-0.39, 0.29) is 11.8 Å². The second-order valence-electron chi connectivity index (χ2n) is 5.94. The van der Waals surface area contributed by atoms with E-state index in [1.165, 1.54) is 0 Å². The highest BCUT2D eigenvalue weighted by Gasteiger charge is 2.21. The first-order valence-corrected chi connectivity index (χ1v) is 6.80. The number of esters is 1. The minimum absolute atomic E-state index is 0.108. The lowest BCUT2D eigenvalue weighted by molar-refractivity contribution is -0.156. The molecule has 0 bridgehead atoms. The third kappa shape index (κ3) is 9.42. The molecular formula is C15H27NO3. The molecule has 1 atom stereocenters. The summed E-state index contributed by atoms with van der Waals surface area (Å²) in [7, 11) is 0. The first-order valence-electron chi connectivity index (χ1n) is 6.80. The van der Waals surface area contributed by atoms with Crippen LogP contribution in [0.15, 0.2) is 12.2 Å². The first-order chi connectivity index (χ1) is 8.63. The molecule has 0 aromatic rings. The van der Waals surface area contributed by atoms with Gasteiger partial charge in [0.2, 0.25) is 0 Å². The maximum atomic E-state index is 11.6. The average Bonchev–Trinajstić information content (AvgIpc) is 2.25. The molecule has 0 radical (unpaired) electrons. The fraction of sp³-hybridized carbons (Fsp3) is 0.733. The van der Waals surface area contributed by atoms with E-state index < -0.39 is 11.6 Å². The molecule has 0 aliphatic carbocycles. The second-order valence-corrected chi connectivity index (χ2v) is 5.94. The summed E-state index contributed by atoms with van der Waals surface area (Å²) in [6.45, 7) is 10.8. The van der Waals surface area contributed by atoms with Gasteiger partial charge in [-0.25, -0.2) is 0 Å². The monoisotopic (exact) mass is 269 g/mol. The molecular weight excluding hydrogens is 242 g/mol. The topological polar surface area (TPSA) is 69.4 Å². The number of carbonyl (C=O) groups excluding carboxylic acids is 2. The molecule has 0 saturated carbocycles. The Balaban J connectivity index is 3.75. The Morgan fingerprint density at radius 3 is 2.26 bits per heavy atom. The zero-order valence-corrected chi connectivity index (χ0v) is 12.6. The Bertz CT molecular complexity index is 329. The van der Waals surface area contributed by atoms with Crippen LogP contribution in [0.4, 0.5) is 0 Å². The summed E-state index contributed by atoms with van der Waals surface area (Å²) in [6, 6.07) is -0.573. The van der Waals surface area contributed by atoms with Crippen LogP contribution in [0.25, 0.3) is 0 Å². The lowest BCUT2D eigenvalue weighted by Crippen LogP contribution is -2.37. The van der Waals surface area contributed by atoms with E-state index in [9.17, 15) is 9.59 Å². The van der Waals surface area contributed by atoms with Crippen molar-refractivity contribution in [2.24, 2.45) is 5.73 Å². The number of allylic oxidation sites excluding steroid dienone is 1. The molecule has 0 rings (SSSR count). The Hall–Kier alpha value is -1.16. The van der Waals surface area contributed by atoms with Gasteiger partial charge in [-0.3, -0.25) is 9.59 Å². The summed E-state index contributed by atoms with van der Waals surface area (Å²) in [5.74, 6) is -0.248. The molecule has 4 heteroatoms. The molecule has 0 saturated heterocycles. The number of unbranched alkanes of at least 4 members (excludes halogenated alkanes) is 2. The fourth-order valence-electron chi connectivity index (χ4n) is 1.54. The summed E-state index contributed by atoms with van der Waals surface area (Å²) in [4.78, 5) is 22.9. The van der Waals surface area contributed by atoms with E-state index in [4.69, 9.17) is 10.5 Å². The molecule has 19 heavy (non-hydrogen) atoms. The summed E-state index contributed by atoms with van der Waals surface area (Å²) in [5, 5.41) is 0. The van der Waals surface area contributed by atoms with Crippen molar-refractivity contribution in [3.8, 4) is 0 Å². The molecule has 0 aliphatic heterocycles. The number of carbonyl (C=O) groups is 2. The molecule has 0 aromatic carbocycles. The van der Waals surface area contributed by atoms with E-state index in [1.54, 1.807) is 6.92 Å². The standard InChI is InChI=1S/C15H27NO3/c1-11(2)13(17)10-8-6-7-9-12(16)14(18)19-15(3,4)5/h12H,1,6-10,16H2,2-5H3/t12-/m0/s1. The minimum Gasteiger partial charge on any atom is -0.459 e. The van der Waals surface area contributed by atoms with Gasteiger partial charge >= 0.3 is 5.97 Å². The molecule has 0 aromatic heterocycles. The Labute approximate surface area is 116 Å². The van der Waals surface area contributed by atoms with Gasteiger partial charge in [-0.2, -0.15) is 0 Å². The zero-order valence-electron chi connectivity index (χ0n) is 12.6. The van der Waals surface area contributed by atoms with Crippen molar-refractivity contribution in [3.05, 3.63) is 12.2 Å². The van der Waals surface area contributed by atoms with E-state index in [2.05, 4.69) is 6.58 Å². The molecule has 110 valence electrons. The van der Waals surface area contributed by atoms with Crippen molar-refractivity contribution in [3.63, 3.8) is 0 Å². The predicted molar refractivity (Wildman–Crippen MR) is 76.7 cm³/mol. The Morgan fingerprint density at radius 2 is 1.79 bits per heavy atom. The lowest BCUT2D eigenvalue weighted by Gasteiger charge is -2.22. The maximum absolute atomic E-state index is 11.6. The molecule has 2 N–H and O–H groups in total. The quantitative estimate of drug-likeness (QED) is 0.418. The van der Waals surface area contributed by atoms with Gasteiger partial charge in [-0.05, 0) is 46.1 Å². The summed E-state index contributed by atoms with van der Waals surface area (Å²) >= 11 is 0. The smallest absolute Gasteiger partial charge is 0.323 e. The van der Waals surface area contributed by atoms with E-state index in [0.717, 1.165) is 19.3 Å². The fourth-order valence-corrected chi connectivity index (χ4v) is 1.54. The van der Waals surface area contributed by atoms with Crippen molar-refractivity contribution in [1.82, 2.24) is 0 Å². The highest BCUT2D eigenvalue weighted by atomic mass is 16.6. The second kappa shape index (κ2) is 8.10. The van der Waals surface area contributed by atoms with Crippen LogP contribution in [0.3, 0.4) is 0 Å². The zero-order chi connectivity index (χ0) is 15.1. The minimum atomic E-state index is -0.573. The maximum Gasteiger partial charge on any atom is 0.323 e. The van der Waals surface area contributed by atoms with Crippen LogP contribution in [0, 0.1) is 0 Å². The van der Waals surface area contributed by atoms with Crippen molar-refractivity contribution in [1.29, 1.82) is 0 Å². The normalized spacial score (nSPS) is 12.9. The lowest BCUT2D eigenvalue weighted by atomic mass is 10.0. The van der Waals surface area contributed by atoms with Crippen molar-refractivity contribution >= 4 is 11.8 Å². The molecule has 0 fully saturated rings. The highest BCUT2D eigenvalue weighted by molar-refractivity contribution is 5.93. The third-order valence-electron chi connectivity index (χ3n) is 2.60. The average molecular weight is 269 g/mol. The molecule has 0 heterocycles. The van der Waals surface area contributed by atoms with Crippen LogP contribution in [0.2, 0.25) is 0 Å². The van der Waals surface area contributed by atoms with Gasteiger partial charge in [0.15, 0.2) is 5.78 Å². The first kappa shape index (κ1) is 17.8. The molecule has 0 amide bonds. The number of ketones is 1. The van der Waals surface area contributed by atoms with Gasteiger partial charge in [0, 0.05) is 6.42 Å². The summed E-state index contributed by atoms with van der Waals surface area (Å²) in [5.41, 5.74) is 5.86. The SMILES string of the molecule is C=C(C)C(=O)CCCCC[C@H](N)C(=O)OC(C)(C)C. The van der Waals surface area contributed by atoms with Crippen molar-refractivity contribution < 1.29 is 14.3 Å². The van der Waals surface area contributed by atoms with Gasteiger partial charge in [0.25, 0.3) is 0 Å².